The highest BCUT2D eigenvalue weighted by Gasteiger charge is 2.33. The lowest BCUT2D eigenvalue weighted by atomic mass is 9.99. The summed E-state index contributed by atoms with van der Waals surface area (Å²) < 4.78 is 5.37. The molecule has 4 rings (SSSR count). The summed E-state index contributed by atoms with van der Waals surface area (Å²) in [5.41, 5.74) is 10.7. The highest BCUT2D eigenvalue weighted by atomic mass is 16.7. The summed E-state index contributed by atoms with van der Waals surface area (Å²) in [5, 5.41) is 12.5. The molecule has 1 aliphatic rings. The number of anilines is 2. The van der Waals surface area contributed by atoms with Crippen molar-refractivity contribution in [3.05, 3.63) is 65.2 Å². The van der Waals surface area contributed by atoms with E-state index in [4.69, 9.17) is 15.3 Å². The summed E-state index contributed by atoms with van der Waals surface area (Å²) in [5.74, 6) is -2.97. The van der Waals surface area contributed by atoms with Crippen LogP contribution in [0.3, 0.4) is 0 Å². The van der Waals surface area contributed by atoms with E-state index in [1.54, 1.807) is 38.1 Å². The fourth-order valence-corrected chi connectivity index (χ4v) is 6.75. The van der Waals surface area contributed by atoms with E-state index in [1.807, 2.05) is 12.1 Å². The molecule has 0 spiro atoms. The standard InChI is InChI=1S/C45H61N7O9/c1-5-6-8-15-33-27-35-32(16-13-17-36(35)50-42(33)46)14-9-7-12-26-47-45(59)60-28-31-20-22-34(23-21-31)49-43(57)30(4)48-44(58)41(29(2)3)51-37(53)18-10-11-19-40(56)61-52-38(54)24-25-39(52)55/h13,16-17,20-23,27,29-30,41H,5-12,14-15,18-19,24-26,28H2,1-4H3,(H2,46,50)(H,47,59)(H,48,58)(H,49,57)(H,51,53). The summed E-state index contributed by atoms with van der Waals surface area (Å²) in [6.07, 6.45) is 7.98. The Hall–Kier alpha value is -6.06. The van der Waals surface area contributed by atoms with Crippen LogP contribution >= 0.6 is 0 Å². The van der Waals surface area contributed by atoms with Crippen molar-refractivity contribution in [3.63, 3.8) is 0 Å². The second kappa shape index (κ2) is 24.3. The number of pyridine rings is 1. The van der Waals surface area contributed by atoms with Gasteiger partial charge in [-0.3, -0.25) is 24.0 Å². The molecule has 0 saturated carbocycles. The quantitative estimate of drug-likeness (QED) is 0.0524. The van der Waals surface area contributed by atoms with Gasteiger partial charge in [0.2, 0.25) is 17.7 Å². The molecule has 6 amide bonds. The van der Waals surface area contributed by atoms with Crippen molar-refractivity contribution in [2.24, 2.45) is 5.92 Å². The summed E-state index contributed by atoms with van der Waals surface area (Å²) in [6.45, 7) is 7.77. The number of alkyl carbamates (subject to hydrolysis) is 1. The zero-order chi connectivity index (χ0) is 44.3. The largest absolute Gasteiger partial charge is 0.445 e. The maximum absolute atomic E-state index is 13.1. The normalized spacial score (nSPS) is 13.5. The molecule has 61 heavy (non-hydrogen) atoms. The molecule has 1 aromatic heterocycles. The Morgan fingerprint density at radius 1 is 0.803 bits per heavy atom. The lowest BCUT2D eigenvalue weighted by molar-refractivity contribution is -0.197. The Labute approximate surface area is 357 Å². The van der Waals surface area contributed by atoms with Gasteiger partial charge >= 0.3 is 12.1 Å². The first kappa shape index (κ1) is 47.6. The molecule has 1 saturated heterocycles. The third-order valence-electron chi connectivity index (χ3n) is 10.3. The van der Waals surface area contributed by atoms with Gasteiger partial charge in [0, 0.05) is 43.3 Å². The number of unbranched alkanes of at least 4 members (excludes halogenated alkanes) is 5. The number of ether oxygens (including phenoxy) is 1. The van der Waals surface area contributed by atoms with Crippen LogP contribution in [0.15, 0.2) is 48.5 Å². The third kappa shape index (κ3) is 15.5. The van der Waals surface area contributed by atoms with Gasteiger partial charge in [-0.1, -0.05) is 64.3 Å². The predicted octanol–water partition coefficient (Wildman–Crippen LogP) is 5.94. The third-order valence-corrected chi connectivity index (χ3v) is 10.3. The fraction of sp³-hybridized carbons (Fsp3) is 0.511. The number of carbonyl (C=O) groups excluding carboxylic acids is 7. The number of fused-ring (bicyclic) bond motifs is 1. The van der Waals surface area contributed by atoms with Gasteiger partial charge in [-0.2, -0.15) is 0 Å². The molecule has 2 aromatic carbocycles. The maximum atomic E-state index is 13.1. The minimum Gasteiger partial charge on any atom is -0.445 e. The van der Waals surface area contributed by atoms with Gasteiger partial charge in [-0.25, -0.2) is 14.6 Å². The zero-order valence-corrected chi connectivity index (χ0v) is 35.8. The molecule has 0 aliphatic carbocycles. The van der Waals surface area contributed by atoms with E-state index >= 15 is 0 Å². The van der Waals surface area contributed by atoms with E-state index in [0.717, 1.165) is 67.0 Å². The summed E-state index contributed by atoms with van der Waals surface area (Å²) in [7, 11) is 0. The van der Waals surface area contributed by atoms with Crippen LogP contribution < -0.4 is 27.0 Å². The summed E-state index contributed by atoms with van der Waals surface area (Å²) >= 11 is 0. The monoisotopic (exact) mass is 843 g/mol. The number of benzene rings is 2. The van der Waals surface area contributed by atoms with Crippen LogP contribution in [0.2, 0.25) is 0 Å². The SMILES string of the molecule is CCCCCc1cc2c(CCCCCNC(=O)OCc3ccc(NC(=O)C(C)NC(=O)C(NC(=O)CCCCC(=O)ON4C(=O)CCC4=O)C(C)C)cc3)cccc2nc1N. The Morgan fingerprint density at radius 2 is 1.49 bits per heavy atom. The van der Waals surface area contributed by atoms with Crippen molar-refractivity contribution in [1.29, 1.82) is 0 Å². The molecule has 330 valence electrons. The van der Waals surface area contributed by atoms with Crippen LogP contribution in [0.5, 0.6) is 0 Å². The molecular formula is C45H61N7O9. The summed E-state index contributed by atoms with van der Waals surface area (Å²) in [6, 6.07) is 13.3. The molecule has 2 atom stereocenters. The summed E-state index contributed by atoms with van der Waals surface area (Å²) in [4.78, 5) is 95.6. The van der Waals surface area contributed by atoms with Crippen LogP contribution in [-0.4, -0.2) is 70.3 Å². The van der Waals surface area contributed by atoms with E-state index in [0.29, 0.717) is 29.5 Å². The number of nitrogens with two attached hydrogens (primary N) is 1. The van der Waals surface area contributed by atoms with Crippen molar-refractivity contribution >= 4 is 64.0 Å². The minimum atomic E-state index is -0.929. The van der Waals surface area contributed by atoms with E-state index in [2.05, 4.69) is 45.3 Å². The molecule has 0 bridgehead atoms. The number of carbonyl (C=O) groups is 7. The number of hydrogen-bond acceptors (Lipinski definition) is 11. The van der Waals surface area contributed by atoms with Crippen LogP contribution in [-0.2, 0) is 57.8 Å². The molecular weight excluding hydrogens is 783 g/mol. The fourth-order valence-electron chi connectivity index (χ4n) is 6.75. The Kier molecular flexibility index (Phi) is 18.9. The number of nitrogen functional groups attached to an aromatic ring is 1. The van der Waals surface area contributed by atoms with Crippen LogP contribution in [0, 0.1) is 5.92 Å². The second-order valence-electron chi connectivity index (χ2n) is 15.7. The van der Waals surface area contributed by atoms with Gasteiger partial charge in [0.1, 0.15) is 24.5 Å². The van der Waals surface area contributed by atoms with Gasteiger partial charge in [0.15, 0.2) is 0 Å². The van der Waals surface area contributed by atoms with E-state index in [9.17, 15) is 33.6 Å². The maximum Gasteiger partial charge on any atom is 0.407 e. The number of nitrogens with one attached hydrogen (secondary N) is 4. The number of rotatable bonds is 24. The van der Waals surface area contributed by atoms with Gasteiger partial charge < -0.3 is 36.6 Å². The first-order valence-corrected chi connectivity index (χ1v) is 21.4. The van der Waals surface area contributed by atoms with Gasteiger partial charge in [-0.05, 0) is 98.7 Å². The number of hydrogen-bond donors (Lipinski definition) is 5. The Morgan fingerprint density at radius 3 is 2.20 bits per heavy atom. The number of hydroxylamine groups is 2. The molecule has 1 aliphatic heterocycles. The Bertz CT molecular complexity index is 1990. The molecule has 6 N–H and O–H groups in total. The van der Waals surface area contributed by atoms with Gasteiger partial charge in [-0.15, -0.1) is 5.06 Å². The van der Waals surface area contributed by atoms with Crippen molar-refractivity contribution in [2.45, 2.75) is 136 Å². The van der Waals surface area contributed by atoms with Crippen molar-refractivity contribution in [3.8, 4) is 0 Å². The number of aryl methyl sites for hydroxylation is 2. The number of imide groups is 1. The minimum absolute atomic E-state index is 0.00131. The smallest absolute Gasteiger partial charge is 0.407 e. The first-order chi connectivity index (χ1) is 29.2. The lowest BCUT2D eigenvalue weighted by Gasteiger charge is -2.24. The van der Waals surface area contributed by atoms with Crippen molar-refractivity contribution in [1.82, 2.24) is 26.0 Å². The average Bonchev–Trinajstić information content (AvgIpc) is 3.54. The van der Waals surface area contributed by atoms with Crippen molar-refractivity contribution in [2.75, 3.05) is 17.6 Å². The number of aromatic nitrogens is 1. The molecule has 3 aromatic rings. The molecule has 16 heteroatoms. The molecule has 2 heterocycles. The highest BCUT2D eigenvalue weighted by Crippen LogP contribution is 2.25. The topological polar surface area (TPSA) is 228 Å². The number of nitrogens with zero attached hydrogens (tertiary/aromatic N) is 2. The second-order valence-corrected chi connectivity index (χ2v) is 15.7. The van der Waals surface area contributed by atoms with Crippen LogP contribution in [0.4, 0.5) is 16.3 Å². The molecule has 2 unspecified atom stereocenters. The first-order valence-electron chi connectivity index (χ1n) is 21.4. The lowest BCUT2D eigenvalue weighted by Crippen LogP contribution is -2.53. The molecule has 1 fully saturated rings. The van der Waals surface area contributed by atoms with E-state index < -0.39 is 53.7 Å². The molecule has 16 nitrogen and oxygen atoms in total. The predicted molar refractivity (Wildman–Crippen MR) is 230 cm³/mol. The van der Waals surface area contributed by atoms with E-state index in [-0.39, 0.29) is 44.6 Å². The van der Waals surface area contributed by atoms with Crippen LogP contribution in [0.25, 0.3) is 10.9 Å². The number of amides is 6. The highest BCUT2D eigenvalue weighted by molar-refractivity contribution is 6.01. The molecule has 0 radical (unpaired) electrons. The van der Waals surface area contributed by atoms with Crippen molar-refractivity contribution < 1.29 is 43.1 Å². The van der Waals surface area contributed by atoms with Crippen LogP contribution in [0.1, 0.15) is 121 Å². The van der Waals surface area contributed by atoms with Gasteiger partial charge in [0.25, 0.3) is 11.8 Å². The van der Waals surface area contributed by atoms with Gasteiger partial charge in [0.05, 0.1) is 5.52 Å². The van der Waals surface area contributed by atoms with E-state index in [1.165, 1.54) is 18.9 Å². The average molecular weight is 844 g/mol. The zero-order valence-electron chi connectivity index (χ0n) is 35.8. The Balaban J connectivity index is 1.09.